The average Bonchev–Trinajstić information content (AvgIpc) is 2.46. The number of ether oxygens (including phenoxy) is 1. The van der Waals surface area contributed by atoms with Crippen LogP contribution in [0, 0.1) is 6.92 Å². The number of aryl methyl sites for hydroxylation is 1. The minimum absolute atomic E-state index is 0.0414. The molecular formula is C15H24N2O3. The van der Waals surface area contributed by atoms with Gasteiger partial charge in [-0.3, -0.25) is 0 Å². The van der Waals surface area contributed by atoms with Crippen LogP contribution >= 0.6 is 0 Å². The number of aliphatic hydroxyl groups excluding tert-OH is 1. The molecule has 1 unspecified atom stereocenters. The van der Waals surface area contributed by atoms with Crippen molar-refractivity contribution in [1.82, 2.24) is 10.6 Å². The van der Waals surface area contributed by atoms with Crippen LogP contribution in [0.25, 0.3) is 0 Å². The molecule has 1 rings (SSSR count). The van der Waals surface area contributed by atoms with Crippen LogP contribution < -0.4 is 15.4 Å². The Labute approximate surface area is 120 Å². The van der Waals surface area contributed by atoms with Gasteiger partial charge in [-0.1, -0.05) is 25.1 Å². The summed E-state index contributed by atoms with van der Waals surface area (Å²) in [6.07, 6.45) is 1.44. The Kier molecular flexibility index (Phi) is 7.50. The van der Waals surface area contributed by atoms with Gasteiger partial charge in [0.25, 0.3) is 0 Å². The minimum Gasteiger partial charge on any atom is -0.493 e. The highest BCUT2D eigenvalue weighted by Gasteiger charge is 2.07. The summed E-state index contributed by atoms with van der Waals surface area (Å²) >= 11 is 0. The van der Waals surface area contributed by atoms with E-state index < -0.39 is 0 Å². The normalized spacial score (nSPS) is 11.8. The Morgan fingerprint density at radius 1 is 1.40 bits per heavy atom. The third-order valence-corrected chi connectivity index (χ3v) is 3.01. The van der Waals surface area contributed by atoms with Gasteiger partial charge in [0.1, 0.15) is 5.75 Å². The molecule has 0 aliphatic heterocycles. The first kappa shape index (κ1) is 16.3. The Hall–Kier alpha value is -1.75. The second-order valence-corrected chi connectivity index (χ2v) is 4.66. The SMILES string of the molecule is CCC(CO)NC(=O)NCCCOc1ccccc1C. The van der Waals surface area contributed by atoms with Gasteiger partial charge >= 0.3 is 6.03 Å². The van der Waals surface area contributed by atoms with E-state index in [2.05, 4.69) is 10.6 Å². The molecule has 0 saturated carbocycles. The summed E-state index contributed by atoms with van der Waals surface area (Å²) in [5.74, 6) is 0.878. The predicted molar refractivity (Wildman–Crippen MR) is 79.0 cm³/mol. The van der Waals surface area contributed by atoms with Crippen molar-refractivity contribution in [1.29, 1.82) is 0 Å². The lowest BCUT2D eigenvalue weighted by molar-refractivity contribution is 0.213. The van der Waals surface area contributed by atoms with E-state index in [1.54, 1.807) is 0 Å². The van der Waals surface area contributed by atoms with Crippen LogP contribution in [0.5, 0.6) is 5.75 Å². The van der Waals surface area contributed by atoms with Gasteiger partial charge in [-0.15, -0.1) is 0 Å². The third-order valence-electron chi connectivity index (χ3n) is 3.01. The highest BCUT2D eigenvalue weighted by Crippen LogP contribution is 2.15. The Morgan fingerprint density at radius 2 is 2.15 bits per heavy atom. The number of amides is 2. The summed E-state index contributed by atoms with van der Waals surface area (Å²) in [6, 6.07) is 7.41. The van der Waals surface area contributed by atoms with Crippen molar-refractivity contribution in [2.45, 2.75) is 32.7 Å². The predicted octanol–water partition coefficient (Wildman–Crippen LogP) is 1.83. The van der Waals surface area contributed by atoms with Gasteiger partial charge in [0.2, 0.25) is 0 Å². The third kappa shape index (κ3) is 5.93. The number of hydrogen-bond acceptors (Lipinski definition) is 3. The molecule has 0 aliphatic carbocycles. The van der Waals surface area contributed by atoms with Crippen LogP contribution in [0.2, 0.25) is 0 Å². The van der Waals surface area contributed by atoms with Gasteiger partial charge in [-0.05, 0) is 31.4 Å². The fraction of sp³-hybridized carbons (Fsp3) is 0.533. The molecule has 20 heavy (non-hydrogen) atoms. The molecule has 1 aromatic rings. The molecule has 5 nitrogen and oxygen atoms in total. The van der Waals surface area contributed by atoms with E-state index in [9.17, 15) is 4.79 Å². The first-order valence-corrected chi connectivity index (χ1v) is 7.01. The minimum atomic E-state index is -0.248. The van der Waals surface area contributed by atoms with Gasteiger partial charge < -0.3 is 20.5 Å². The van der Waals surface area contributed by atoms with Crippen LogP contribution in [-0.4, -0.2) is 36.9 Å². The highest BCUT2D eigenvalue weighted by atomic mass is 16.5. The molecule has 0 aliphatic rings. The van der Waals surface area contributed by atoms with Gasteiger partial charge in [-0.25, -0.2) is 4.79 Å². The molecule has 1 atom stereocenters. The van der Waals surface area contributed by atoms with Crippen molar-refractivity contribution in [3.05, 3.63) is 29.8 Å². The van der Waals surface area contributed by atoms with Gasteiger partial charge in [0, 0.05) is 6.54 Å². The number of rotatable bonds is 8. The number of hydrogen-bond donors (Lipinski definition) is 3. The molecule has 112 valence electrons. The molecule has 0 fully saturated rings. The number of aliphatic hydroxyl groups is 1. The average molecular weight is 280 g/mol. The number of urea groups is 1. The van der Waals surface area contributed by atoms with Crippen LogP contribution in [0.3, 0.4) is 0 Å². The van der Waals surface area contributed by atoms with E-state index in [4.69, 9.17) is 9.84 Å². The van der Waals surface area contributed by atoms with E-state index in [1.165, 1.54) is 0 Å². The molecule has 0 aromatic heterocycles. The fourth-order valence-electron chi connectivity index (χ4n) is 1.69. The molecule has 1 aromatic carbocycles. The van der Waals surface area contributed by atoms with Crippen molar-refractivity contribution in [3.8, 4) is 5.75 Å². The number of carbonyl (C=O) groups excluding carboxylic acids is 1. The summed E-state index contributed by atoms with van der Waals surface area (Å²) in [5, 5.41) is 14.4. The smallest absolute Gasteiger partial charge is 0.315 e. The lowest BCUT2D eigenvalue weighted by Crippen LogP contribution is -2.43. The number of nitrogens with one attached hydrogen (secondary N) is 2. The number of benzene rings is 1. The van der Waals surface area contributed by atoms with Gasteiger partial charge in [-0.2, -0.15) is 0 Å². The second-order valence-electron chi connectivity index (χ2n) is 4.66. The zero-order valence-electron chi connectivity index (χ0n) is 12.2. The van der Waals surface area contributed by atoms with Gasteiger partial charge in [0.05, 0.1) is 19.3 Å². The molecule has 2 amide bonds. The summed E-state index contributed by atoms with van der Waals surface area (Å²) < 4.78 is 5.63. The summed E-state index contributed by atoms with van der Waals surface area (Å²) in [5.41, 5.74) is 1.10. The van der Waals surface area contributed by atoms with Crippen molar-refractivity contribution in [3.63, 3.8) is 0 Å². The first-order valence-electron chi connectivity index (χ1n) is 7.01. The lowest BCUT2D eigenvalue weighted by Gasteiger charge is -2.14. The van der Waals surface area contributed by atoms with Crippen molar-refractivity contribution in [2.24, 2.45) is 0 Å². The van der Waals surface area contributed by atoms with Crippen molar-refractivity contribution < 1.29 is 14.6 Å². The monoisotopic (exact) mass is 280 g/mol. The van der Waals surface area contributed by atoms with Crippen LogP contribution in [-0.2, 0) is 0 Å². The quantitative estimate of drug-likeness (QED) is 0.636. The van der Waals surface area contributed by atoms with E-state index in [1.807, 2.05) is 38.1 Å². The summed E-state index contributed by atoms with van der Waals surface area (Å²) in [6.45, 7) is 4.97. The maximum absolute atomic E-state index is 11.5. The maximum Gasteiger partial charge on any atom is 0.315 e. The standard InChI is InChI=1S/C15H24N2O3/c1-3-13(11-18)17-15(19)16-9-6-10-20-14-8-5-4-7-12(14)2/h4-5,7-8,13,18H,3,6,9-11H2,1-2H3,(H2,16,17,19). The second kappa shape index (κ2) is 9.20. The largest absolute Gasteiger partial charge is 0.493 e. The lowest BCUT2D eigenvalue weighted by atomic mass is 10.2. The van der Waals surface area contributed by atoms with Crippen LogP contribution in [0.15, 0.2) is 24.3 Å². The number of carbonyl (C=O) groups is 1. The zero-order chi connectivity index (χ0) is 14.8. The maximum atomic E-state index is 11.5. The van der Waals surface area contributed by atoms with Crippen molar-refractivity contribution >= 4 is 6.03 Å². The molecule has 0 radical (unpaired) electrons. The van der Waals surface area contributed by atoms with Crippen LogP contribution in [0.1, 0.15) is 25.3 Å². The fourth-order valence-corrected chi connectivity index (χ4v) is 1.69. The van der Waals surface area contributed by atoms with Crippen molar-refractivity contribution in [2.75, 3.05) is 19.8 Å². The molecule has 3 N–H and O–H groups in total. The highest BCUT2D eigenvalue weighted by molar-refractivity contribution is 5.74. The number of para-hydroxylation sites is 1. The van der Waals surface area contributed by atoms with Gasteiger partial charge in [0.15, 0.2) is 0 Å². The Morgan fingerprint density at radius 3 is 2.80 bits per heavy atom. The molecule has 0 saturated heterocycles. The van der Waals surface area contributed by atoms with E-state index >= 15 is 0 Å². The van der Waals surface area contributed by atoms with E-state index in [-0.39, 0.29) is 18.7 Å². The zero-order valence-corrected chi connectivity index (χ0v) is 12.2. The molecule has 0 spiro atoms. The Balaban J connectivity index is 2.13. The molecule has 0 heterocycles. The Bertz CT molecular complexity index is 406. The first-order chi connectivity index (χ1) is 9.67. The molecular weight excluding hydrogens is 256 g/mol. The topological polar surface area (TPSA) is 70.6 Å². The summed E-state index contributed by atoms with van der Waals surface area (Å²) in [7, 11) is 0. The summed E-state index contributed by atoms with van der Waals surface area (Å²) in [4.78, 5) is 11.5. The van der Waals surface area contributed by atoms with E-state index in [0.29, 0.717) is 19.6 Å². The molecule has 5 heteroatoms. The molecule has 0 bridgehead atoms. The van der Waals surface area contributed by atoms with Crippen LogP contribution in [0.4, 0.5) is 4.79 Å². The van der Waals surface area contributed by atoms with E-state index in [0.717, 1.165) is 17.7 Å².